The van der Waals surface area contributed by atoms with Crippen LogP contribution in [0, 0.1) is 16.7 Å². The Kier molecular flexibility index (Phi) is 4.84. The second-order valence-corrected chi connectivity index (χ2v) is 9.38. The number of hydrogen-bond donors (Lipinski definition) is 1. The molecule has 0 heterocycles. The van der Waals surface area contributed by atoms with Gasteiger partial charge in [0.2, 0.25) is 0 Å². The Morgan fingerprint density at radius 3 is 2.24 bits per heavy atom. The number of benzene rings is 2. The summed E-state index contributed by atoms with van der Waals surface area (Å²) in [7, 11) is 1.51. The van der Waals surface area contributed by atoms with Crippen molar-refractivity contribution in [2.24, 2.45) is 16.7 Å². The summed E-state index contributed by atoms with van der Waals surface area (Å²) in [5.74, 6) is -0.906. The maximum atomic E-state index is 14.4. The number of ether oxygens (including phenoxy) is 1. The number of carbonyl (C=O) groups is 2. The van der Waals surface area contributed by atoms with Gasteiger partial charge in [-0.25, -0.2) is 0 Å². The summed E-state index contributed by atoms with van der Waals surface area (Å²) in [6.45, 7) is 7.72. The molecule has 1 spiro atoms. The lowest BCUT2D eigenvalue weighted by atomic mass is 9.39. The predicted octanol–water partition coefficient (Wildman–Crippen LogP) is 4.87. The molecule has 33 heavy (non-hydrogen) atoms. The molecule has 0 saturated heterocycles. The van der Waals surface area contributed by atoms with Crippen molar-refractivity contribution >= 4 is 11.6 Å². The van der Waals surface area contributed by atoms with Crippen LogP contribution in [-0.2, 0) is 19.9 Å². The molecule has 5 rings (SSSR count). The first-order valence-corrected chi connectivity index (χ1v) is 11.4. The Hall–Kier alpha value is -3.24. The number of rotatable bonds is 7. The molecular formula is C29H28O4. The van der Waals surface area contributed by atoms with Crippen molar-refractivity contribution in [3.63, 3.8) is 0 Å². The number of allylic oxidation sites excluding steroid dienone is 4. The van der Waals surface area contributed by atoms with E-state index in [-0.39, 0.29) is 23.9 Å². The van der Waals surface area contributed by atoms with Crippen molar-refractivity contribution in [2.45, 2.75) is 30.8 Å². The molecule has 0 unspecified atom stereocenters. The molecule has 0 aromatic heterocycles. The first kappa shape index (κ1) is 21.6. The molecule has 168 valence electrons. The second kappa shape index (κ2) is 7.39. The quantitative estimate of drug-likeness (QED) is 0.493. The fourth-order valence-electron chi connectivity index (χ4n) is 7.10. The number of fused-ring (bicyclic) bond motifs is 1. The van der Waals surface area contributed by atoms with E-state index in [2.05, 4.69) is 13.2 Å². The predicted molar refractivity (Wildman–Crippen MR) is 126 cm³/mol. The van der Waals surface area contributed by atoms with Gasteiger partial charge in [0.05, 0.1) is 12.5 Å². The summed E-state index contributed by atoms with van der Waals surface area (Å²) in [6, 6.07) is 18.9. The minimum Gasteiger partial charge on any atom is -0.500 e. The van der Waals surface area contributed by atoms with Crippen LogP contribution in [0.1, 0.15) is 36.3 Å². The molecule has 1 N–H and O–H groups in total. The molecule has 2 fully saturated rings. The second-order valence-electron chi connectivity index (χ2n) is 9.38. The summed E-state index contributed by atoms with van der Waals surface area (Å²) in [6.07, 6.45) is 4.44. The third-order valence-corrected chi connectivity index (χ3v) is 8.13. The lowest BCUT2D eigenvalue weighted by Gasteiger charge is -2.63. The normalized spacial score (nSPS) is 34.5. The van der Waals surface area contributed by atoms with Crippen molar-refractivity contribution in [3.8, 4) is 0 Å². The molecule has 0 radical (unpaired) electrons. The highest BCUT2D eigenvalue weighted by Crippen LogP contribution is 2.79. The Morgan fingerprint density at radius 2 is 1.67 bits per heavy atom. The number of ketones is 2. The van der Waals surface area contributed by atoms with Crippen LogP contribution in [0.4, 0.5) is 0 Å². The molecule has 2 aromatic rings. The summed E-state index contributed by atoms with van der Waals surface area (Å²) >= 11 is 0. The highest BCUT2D eigenvalue weighted by atomic mass is 16.5. The number of carbonyl (C=O) groups excluding carboxylic acids is 2. The minimum atomic E-state index is -1.66. The van der Waals surface area contributed by atoms with Crippen LogP contribution < -0.4 is 0 Å². The molecule has 0 amide bonds. The van der Waals surface area contributed by atoms with E-state index in [1.54, 1.807) is 12.2 Å². The lowest BCUT2D eigenvalue weighted by molar-refractivity contribution is -0.218. The molecule has 4 heteroatoms. The SMILES string of the molecule is C=CCC1=C(OC)[C@@]2(CC=C)C[C@@H]3[C@@H](c4ccccc4)[C@@](O)(c4ccccc4)[C@]3(C1=O)C2=O. The van der Waals surface area contributed by atoms with E-state index in [1.807, 2.05) is 60.7 Å². The van der Waals surface area contributed by atoms with E-state index < -0.39 is 22.3 Å². The summed E-state index contributed by atoms with van der Waals surface area (Å²) in [4.78, 5) is 28.7. The maximum absolute atomic E-state index is 14.4. The maximum Gasteiger partial charge on any atom is 0.179 e. The fraction of sp³-hybridized carbons (Fsp3) is 0.310. The molecule has 2 saturated carbocycles. The Bertz CT molecular complexity index is 1180. The van der Waals surface area contributed by atoms with Gasteiger partial charge in [0.15, 0.2) is 11.6 Å². The lowest BCUT2D eigenvalue weighted by Crippen LogP contribution is -2.72. The smallest absolute Gasteiger partial charge is 0.179 e. The largest absolute Gasteiger partial charge is 0.500 e. The molecule has 3 aliphatic carbocycles. The van der Waals surface area contributed by atoms with Crippen molar-refractivity contribution < 1.29 is 19.4 Å². The molecule has 4 nitrogen and oxygen atoms in total. The van der Waals surface area contributed by atoms with Gasteiger partial charge in [-0.2, -0.15) is 0 Å². The average Bonchev–Trinajstić information content (AvgIpc) is 3.01. The van der Waals surface area contributed by atoms with Crippen LogP contribution in [-0.4, -0.2) is 23.8 Å². The Balaban J connectivity index is 1.84. The van der Waals surface area contributed by atoms with E-state index in [1.165, 1.54) is 7.11 Å². The first-order chi connectivity index (χ1) is 15.9. The highest BCUT2D eigenvalue weighted by molar-refractivity contribution is 6.24. The van der Waals surface area contributed by atoms with Gasteiger partial charge in [0.1, 0.15) is 16.8 Å². The van der Waals surface area contributed by atoms with Gasteiger partial charge in [-0.1, -0.05) is 72.8 Å². The highest BCUT2D eigenvalue weighted by Gasteiger charge is 2.87. The summed E-state index contributed by atoms with van der Waals surface area (Å²) in [5, 5.41) is 12.6. The molecule has 3 aliphatic rings. The zero-order valence-electron chi connectivity index (χ0n) is 18.8. The van der Waals surface area contributed by atoms with E-state index in [0.29, 0.717) is 29.7 Å². The molecule has 5 atom stereocenters. The number of hydrogen-bond acceptors (Lipinski definition) is 4. The third-order valence-electron chi connectivity index (χ3n) is 8.13. The number of methoxy groups -OCH3 is 1. The Labute approximate surface area is 194 Å². The van der Waals surface area contributed by atoms with Crippen molar-refractivity contribution in [2.75, 3.05) is 7.11 Å². The zero-order chi connectivity index (χ0) is 23.4. The molecular weight excluding hydrogens is 412 g/mol. The minimum absolute atomic E-state index is 0.243. The van der Waals surface area contributed by atoms with Gasteiger partial charge in [-0.15, -0.1) is 13.2 Å². The van der Waals surface area contributed by atoms with E-state index in [9.17, 15) is 14.7 Å². The summed E-state index contributed by atoms with van der Waals surface area (Å²) < 4.78 is 5.78. The van der Waals surface area contributed by atoms with Gasteiger partial charge in [-0.05, 0) is 36.3 Å². The van der Waals surface area contributed by atoms with Gasteiger partial charge < -0.3 is 9.84 Å². The van der Waals surface area contributed by atoms with Crippen LogP contribution in [0.15, 0.2) is 97.3 Å². The van der Waals surface area contributed by atoms with E-state index in [4.69, 9.17) is 4.74 Å². The third kappa shape index (κ3) is 2.34. The van der Waals surface area contributed by atoms with Gasteiger partial charge in [-0.3, -0.25) is 9.59 Å². The molecule has 2 bridgehead atoms. The summed E-state index contributed by atoms with van der Waals surface area (Å²) in [5.41, 5.74) is -2.28. The van der Waals surface area contributed by atoms with Gasteiger partial charge >= 0.3 is 0 Å². The van der Waals surface area contributed by atoms with E-state index >= 15 is 0 Å². The van der Waals surface area contributed by atoms with Crippen LogP contribution in [0.5, 0.6) is 0 Å². The topological polar surface area (TPSA) is 63.6 Å². The molecule has 2 aromatic carbocycles. The zero-order valence-corrected chi connectivity index (χ0v) is 18.8. The first-order valence-electron chi connectivity index (χ1n) is 11.4. The van der Waals surface area contributed by atoms with Crippen LogP contribution in [0.3, 0.4) is 0 Å². The van der Waals surface area contributed by atoms with Crippen molar-refractivity contribution in [1.82, 2.24) is 0 Å². The van der Waals surface area contributed by atoms with Crippen LogP contribution >= 0.6 is 0 Å². The average molecular weight is 441 g/mol. The van der Waals surface area contributed by atoms with Gasteiger partial charge in [0.25, 0.3) is 0 Å². The van der Waals surface area contributed by atoms with Crippen LogP contribution in [0.2, 0.25) is 0 Å². The number of aliphatic hydroxyl groups is 1. The van der Waals surface area contributed by atoms with Crippen LogP contribution in [0.25, 0.3) is 0 Å². The van der Waals surface area contributed by atoms with Crippen molar-refractivity contribution in [3.05, 3.63) is 108 Å². The fourth-order valence-corrected chi connectivity index (χ4v) is 7.10. The number of Topliss-reactive ketones (excluding diaryl/α,β-unsaturated/α-hetero) is 2. The molecule has 0 aliphatic heterocycles. The Morgan fingerprint density at radius 1 is 1.03 bits per heavy atom. The van der Waals surface area contributed by atoms with Gasteiger partial charge in [0, 0.05) is 11.5 Å². The monoisotopic (exact) mass is 440 g/mol. The van der Waals surface area contributed by atoms with Crippen molar-refractivity contribution in [1.29, 1.82) is 0 Å². The van der Waals surface area contributed by atoms with E-state index in [0.717, 1.165) is 5.56 Å². The standard InChI is InChI=1S/C29H28O4/c1-4-12-21-24(30)28-22(18-27(17-5-2,26(28)31)25(21)33-3)23(19-13-8-6-9-14-19)29(28,32)20-15-10-7-11-16-20/h4-11,13-16,22-23,32H,1-2,12,17-18H2,3H3/t22-,23-,27-,28-,29+/m1/s1.